The van der Waals surface area contributed by atoms with Gasteiger partial charge in [-0.1, -0.05) is 41.4 Å². The van der Waals surface area contributed by atoms with Gasteiger partial charge in [-0.3, -0.25) is 0 Å². The van der Waals surface area contributed by atoms with E-state index in [1.54, 1.807) is 30.3 Å². The molecule has 0 aliphatic rings. The third kappa shape index (κ3) is 9.11. The average Bonchev–Trinajstić information content (AvgIpc) is 2.64. The standard InChI is InChI=1S/C20H25Cl2N3O2S.HI/c1-3-23-20(24-12-4-5-16-8-9-17(21)13-19(16)22)25-14-15-6-10-18(11-7-15)28(2,26)27;/h6-11,13H,3-5,12,14H2,1-2H3,(H2,23,24,25);1H. The molecule has 9 heteroatoms. The predicted octanol–water partition coefficient (Wildman–Crippen LogP) is 4.70. The molecule has 0 heterocycles. The largest absolute Gasteiger partial charge is 0.357 e. The number of hydrogen-bond donors (Lipinski definition) is 2. The van der Waals surface area contributed by atoms with Crippen LogP contribution in [-0.4, -0.2) is 33.7 Å². The molecule has 0 unspecified atom stereocenters. The maximum absolute atomic E-state index is 11.5. The molecular formula is C20H26Cl2IN3O2S. The lowest BCUT2D eigenvalue weighted by Gasteiger charge is -2.12. The molecule has 0 saturated carbocycles. The van der Waals surface area contributed by atoms with Crippen molar-refractivity contribution in [3.05, 3.63) is 63.6 Å². The number of aliphatic imine (C=N–C) groups is 1. The van der Waals surface area contributed by atoms with Crippen LogP contribution in [0.15, 0.2) is 52.4 Å². The molecule has 0 radical (unpaired) electrons. The Labute approximate surface area is 200 Å². The normalized spacial score (nSPS) is 11.7. The molecule has 0 atom stereocenters. The minimum atomic E-state index is -3.18. The summed E-state index contributed by atoms with van der Waals surface area (Å²) in [7, 11) is -3.18. The van der Waals surface area contributed by atoms with Gasteiger partial charge >= 0.3 is 0 Å². The molecule has 0 aromatic heterocycles. The Morgan fingerprint density at radius 3 is 2.34 bits per heavy atom. The lowest BCUT2D eigenvalue weighted by atomic mass is 10.1. The number of aryl methyl sites for hydroxylation is 1. The van der Waals surface area contributed by atoms with Crippen molar-refractivity contribution in [3.8, 4) is 0 Å². The Morgan fingerprint density at radius 2 is 1.76 bits per heavy atom. The molecule has 0 bridgehead atoms. The molecule has 2 aromatic rings. The van der Waals surface area contributed by atoms with Crippen molar-refractivity contribution in [2.45, 2.75) is 31.2 Å². The van der Waals surface area contributed by atoms with Crippen LogP contribution in [0, 0.1) is 0 Å². The van der Waals surface area contributed by atoms with Crippen molar-refractivity contribution in [3.63, 3.8) is 0 Å². The van der Waals surface area contributed by atoms with E-state index >= 15 is 0 Å². The minimum Gasteiger partial charge on any atom is -0.357 e. The summed E-state index contributed by atoms with van der Waals surface area (Å²) in [6.45, 7) is 3.97. The van der Waals surface area contributed by atoms with Crippen molar-refractivity contribution in [1.29, 1.82) is 0 Å². The van der Waals surface area contributed by atoms with Crippen LogP contribution in [0.2, 0.25) is 10.0 Å². The third-order valence-corrected chi connectivity index (χ3v) is 5.76. The lowest BCUT2D eigenvalue weighted by Crippen LogP contribution is -2.37. The summed E-state index contributed by atoms with van der Waals surface area (Å²) in [4.78, 5) is 4.86. The summed E-state index contributed by atoms with van der Waals surface area (Å²) < 4.78 is 23.0. The maximum Gasteiger partial charge on any atom is 0.191 e. The van der Waals surface area contributed by atoms with Crippen molar-refractivity contribution < 1.29 is 8.42 Å². The first-order chi connectivity index (χ1) is 13.3. The molecule has 2 aromatic carbocycles. The van der Waals surface area contributed by atoms with E-state index in [1.807, 2.05) is 19.1 Å². The second-order valence-electron chi connectivity index (χ2n) is 6.38. The van der Waals surface area contributed by atoms with E-state index in [0.29, 0.717) is 21.5 Å². The highest BCUT2D eigenvalue weighted by Gasteiger charge is 2.06. The summed E-state index contributed by atoms with van der Waals surface area (Å²) in [5.41, 5.74) is 2.01. The van der Waals surface area contributed by atoms with Gasteiger partial charge in [0.15, 0.2) is 15.8 Å². The molecule has 5 nitrogen and oxygen atoms in total. The van der Waals surface area contributed by atoms with Crippen LogP contribution < -0.4 is 10.6 Å². The van der Waals surface area contributed by atoms with Gasteiger partial charge in [-0.25, -0.2) is 13.4 Å². The fourth-order valence-electron chi connectivity index (χ4n) is 2.56. The lowest BCUT2D eigenvalue weighted by molar-refractivity contribution is 0.602. The number of halogens is 3. The summed E-state index contributed by atoms with van der Waals surface area (Å²) in [6.07, 6.45) is 2.94. The number of nitrogens with one attached hydrogen (secondary N) is 2. The van der Waals surface area contributed by atoms with Crippen LogP contribution in [0.3, 0.4) is 0 Å². The monoisotopic (exact) mass is 569 g/mol. The van der Waals surface area contributed by atoms with Gasteiger partial charge in [0.1, 0.15) is 0 Å². The van der Waals surface area contributed by atoms with E-state index in [4.69, 9.17) is 23.2 Å². The zero-order valence-electron chi connectivity index (χ0n) is 16.4. The molecule has 160 valence electrons. The van der Waals surface area contributed by atoms with Crippen molar-refractivity contribution in [2.75, 3.05) is 19.3 Å². The van der Waals surface area contributed by atoms with E-state index in [2.05, 4.69) is 15.6 Å². The second kappa shape index (κ2) is 12.6. The maximum atomic E-state index is 11.5. The molecule has 2 N–H and O–H groups in total. The van der Waals surface area contributed by atoms with Gasteiger partial charge in [-0.05, 0) is 55.2 Å². The smallest absolute Gasteiger partial charge is 0.191 e. The highest BCUT2D eigenvalue weighted by molar-refractivity contribution is 14.0. The van der Waals surface area contributed by atoms with Crippen LogP contribution in [0.25, 0.3) is 0 Å². The first-order valence-electron chi connectivity index (χ1n) is 9.04. The summed E-state index contributed by atoms with van der Waals surface area (Å²) >= 11 is 12.1. The Kier molecular flexibility index (Phi) is 11.3. The Hall–Kier alpha value is -1.03. The van der Waals surface area contributed by atoms with E-state index in [9.17, 15) is 8.42 Å². The summed E-state index contributed by atoms with van der Waals surface area (Å²) in [6, 6.07) is 12.3. The Bertz CT molecular complexity index is 920. The van der Waals surface area contributed by atoms with E-state index in [0.717, 1.165) is 43.0 Å². The van der Waals surface area contributed by atoms with Gasteiger partial charge < -0.3 is 10.6 Å². The highest BCUT2D eigenvalue weighted by Crippen LogP contribution is 2.21. The van der Waals surface area contributed by atoms with E-state index in [1.165, 1.54) is 6.26 Å². The SMILES string of the molecule is CCNC(=NCc1ccc(S(C)(=O)=O)cc1)NCCCc1ccc(Cl)cc1Cl.I. The van der Waals surface area contributed by atoms with Crippen molar-refractivity contribution in [2.24, 2.45) is 4.99 Å². The first kappa shape index (κ1) is 26.0. The van der Waals surface area contributed by atoms with Gasteiger partial charge in [0.2, 0.25) is 0 Å². The molecule has 0 aliphatic carbocycles. The zero-order chi connectivity index (χ0) is 20.6. The number of benzene rings is 2. The molecule has 2 rings (SSSR count). The molecule has 0 amide bonds. The molecule has 0 spiro atoms. The Balaban J connectivity index is 0.00000420. The Morgan fingerprint density at radius 1 is 1.07 bits per heavy atom. The van der Waals surface area contributed by atoms with Crippen molar-refractivity contribution in [1.82, 2.24) is 10.6 Å². The second-order valence-corrected chi connectivity index (χ2v) is 9.24. The highest BCUT2D eigenvalue weighted by atomic mass is 127. The molecule has 0 saturated heterocycles. The molecule has 0 fully saturated rings. The van der Waals surface area contributed by atoms with Crippen LogP contribution in [0.5, 0.6) is 0 Å². The van der Waals surface area contributed by atoms with Gasteiger partial charge in [0.25, 0.3) is 0 Å². The fourth-order valence-corrected chi connectivity index (χ4v) is 3.70. The number of hydrogen-bond acceptors (Lipinski definition) is 3. The number of nitrogens with zero attached hydrogens (tertiary/aromatic N) is 1. The number of guanidine groups is 1. The predicted molar refractivity (Wildman–Crippen MR) is 133 cm³/mol. The molecule has 0 aliphatic heterocycles. The van der Waals surface area contributed by atoms with Crippen LogP contribution >= 0.6 is 47.2 Å². The van der Waals surface area contributed by atoms with Crippen LogP contribution in [-0.2, 0) is 22.8 Å². The minimum absolute atomic E-state index is 0. The first-order valence-corrected chi connectivity index (χ1v) is 11.7. The van der Waals surface area contributed by atoms with Gasteiger partial charge in [-0.2, -0.15) is 0 Å². The van der Waals surface area contributed by atoms with Crippen LogP contribution in [0.4, 0.5) is 0 Å². The van der Waals surface area contributed by atoms with Gasteiger partial charge in [-0.15, -0.1) is 24.0 Å². The average molecular weight is 570 g/mol. The zero-order valence-corrected chi connectivity index (χ0v) is 21.1. The topological polar surface area (TPSA) is 70.6 Å². The molecular weight excluding hydrogens is 544 g/mol. The van der Waals surface area contributed by atoms with Gasteiger partial charge in [0, 0.05) is 29.4 Å². The van der Waals surface area contributed by atoms with Gasteiger partial charge in [0.05, 0.1) is 11.4 Å². The third-order valence-electron chi connectivity index (χ3n) is 4.05. The van der Waals surface area contributed by atoms with Crippen LogP contribution in [0.1, 0.15) is 24.5 Å². The summed E-state index contributed by atoms with van der Waals surface area (Å²) in [5, 5.41) is 7.83. The fraction of sp³-hybridized carbons (Fsp3) is 0.350. The van der Waals surface area contributed by atoms with E-state index in [-0.39, 0.29) is 24.0 Å². The summed E-state index contributed by atoms with van der Waals surface area (Å²) in [5.74, 6) is 0.719. The number of rotatable bonds is 8. The quantitative estimate of drug-likeness (QED) is 0.209. The van der Waals surface area contributed by atoms with Crippen molar-refractivity contribution >= 4 is 63.0 Å². The molecule has 29 heavy (non-hydrogen) atoms. The van der Waals surface area contributed by atoms with E-state index < -0.39 is 9.84 Å². The number of sulfone groups is 1.